The van der Waals surface area contributed by atoms with Crippen LogP contribution in [0.25, 0.3) is 0 Å². The van der Waals surface area contributed by atoms with Gasteiger partial charge in [-0.25, -0.2) is 13.6 Å². The minimum Gasteiger partial charge on any atom is -0.491 e. The number of carbonyl (C=O) groups is 1. The van der Waals surface area contributed by atoms with E-state index in [-0.39, 0.29) is 18.7 Å². The van der Waals surface area contributed by atoms with E-state index in [0.29, 0.717) is 12.3 Å². The number of nitrogens with one attached hydrogen (secondary N) is 2. The molecule has 27 heavy (non-hydrogen) atoms. The standard InChI is InChI=1S/C20H24F2N2O3/c1-14(2)27-18-8-4-6-16(10-18)12-24-20(25)23-11-15-5-3-7-17(9-15)26-13-19(21)22/h3-10,14,19H,11-13H2,1-2H3,(H2,23,24,25). The van der Waals surface area contributed by atoms with Crippen molar-refractivity contribution >= 4 is 6.03 Å². The molecule has 7 heteroatoms. The molecule has 0 spiro atoms. The van der Waals surface area contributed by atoms with Crippen LogP contribution in [-0.2, 0) is 13.1 Å². The van der Waals surface area contributed by atoms with Gasteiger partial charge in [0.05, 0.1) is 6.10 Å². The van der Waals surface area contributed by atoms with Crippen LogP contribution in [0.1, 0.15) is 25.0 Å². The van der Waals surface area contributed by atoms with Crippen molar-refractivity contribution in [2.45, 2.75) is 39.5 Å². The predicted octanol–water partition coefficient (Wildman–Crippen LogP) is 4.12. The van der Waals surface area contributed by atoms with Crippen LogP contribution in [-0.4, -0.2) is 25.2 Å². The van der Waals surface area contributed by atoms with E-state index in [1.807, 2.05) is 38.1 Å². The van der Waals surface area contributed by atoms with E-state index in [2.05, 4.69) is 10.6 Å². The van der Waals surface area contributed by atoms with Gasteiger partial charge in [0.2, 0.25) is 0 Å². The number of rotatable bonds is 9. The summed E-state index contributed by atoms with van der Waals surface area (Å²) in [6.07, 6.45) is -2.45. The second-order valence-corrected chi connectivity index (χ2v) is 6.20. The third-order valence-corrected chi connectivity index (χ3v) is 3.45. The molecule has 5 nitrogen and oxygen atoms in total. The lowest BCUT2D eigenvalue weighted by molar-refractivity contribution is 0.0818. The summed E-state index contributed by atoms with van der Waals surface area (Å²) in [5.74, 6) is 1.10. The lowest BCUT2D eigenvalue weighted by atomic mass is 10.2. The second-order valence-electron chi connectivity index (χ2n) is 6.20. The molecule has 0 aliphatic heterocycles. The molecule has 0 saturated heterocycles. The average Bonchev–Trinajstić information content (AvgIpc) is 2.63. The minimum absolute atomic E-state index is 0.0805. The van der Waals surface area contributed by atoms with Crippen molar-refractivity contribution in [1.29, 1.82) is 0 Å². The summed E-state index contributed by atoms with van der Waals surface area (Å²) in [6.45, 7) is 3.86. The van der Waals surface area contributed by atoms with Crippen LogP contribution < -0.4 is 20.1 Å². The first-order valence-corrected chi connectivity index (χ1v) is 8.69. The molecule has 0 aliphatic rings. The fourth-order valence-electron chi connectivity index (χ4n) is 2.33. The van der Waals surface area contributed by atoms with Gasteiger partial charge in [0, 0.05) is 13.1 Å². The Morgan fingerprint density at radius 3 is 2.07 bits per heavy atom. The van der Waals surface area contributed by atoms with Gasteiger partial charge in [0.1, 0.15) is 18.1 Å². The normalized spacial score (nSPS) is 10.7. The monoisotopic (exact) mass is 378 g/mol. The van der Waals surface area contributed by atoms with Crippen molar-refractivity contribution in [1.82, 2.24) is 10.6 Å². The molecular formula is C20H24F2N2O3. The first kappa shape index (κ1) is 20.5. The quantitative estimate of drug-likeness (QED) is 0.690. The van der Waals surface area contributed by atoms with E-state index < -0.39 is 13.0 Å². The maximum Gasteiger partial charge on any atom is 0.315 e. The molecule has 2 aromatic carbocycles. The average molecular weight is 378 g/mol. The van der Waals surface area contributed by atoms with Crippen LogP contribution in [0.15, 0.2) is 48.5 Å². The van der Waals surface area contributed by atoms with Gasteiger partial charge in [-0.2, -0.15) is 0 Å². The molecule has 0 radical (unpaired) electrons. The largest absolute Gasteiger partial charge is 0.491 e. The first-order valence-electron chi connectivity index (χ1n) is 8.69. The summed E-state index contributed by atoms with van der Waals surface area (Å²) in [4.78, 5) is 12.0. The fourth-order valence-corrected chi connectivity index (χ4v) is 2.33. The molecule has 0 fully saturated rings. The number of benzene rings is 2. The van der Waals surface area contributed by atoms with Crippen molar-refractivity contribution in [2.75, 3.05) is 6.61 Å². The van der Waals surface area contributed by atoms with Gasteiger partial charge in [-0.3, -0.25) is 0 Å². The fraction of sp³-hybridized carbons (Fsp3) is 0.350. The van der Waals surface area contributed by atoms with Gasteiger partial charge in [0.25, 0.3) is 6.43 Å². The topological polar surface area (TPSA) is 59.6 Å². The summed E-state index contributed by atoms with van der Waals surface area (Å²) in [5.41, 5.74) is 1.68. The van der Waals surface area contributed by atoms with Gasteiger partial charge >= 0.3 is 6.03 Å². The predicted molar refractivity (Wildman–Crippen MR) is 99.2 cm³/mol. The van der Waals surface area contributed by atoms with E-state index >= 15 is 0 Å². The smallest absolute Gasteiger partial charge is 0.315 e. The number of hydrogen-bond donors (Lipinski definition) is 2. The molecular weight excluding hydrogens is 354 g/mol. The zero-order valence-corrected chi connectivity index (χ0v) is 15.4. The van der Waals surface area contributed by atoms with Crippen molar-refractivity contribution in [2.24, 2.45) is 0 Å². The van der Waals surface area contributed by atoms with Gasteiger partial charge in [-0.1, -0.05) is 24.3 Å². The molecule has 0 aromatic heterocycles. The lowest BCUT2D eigenvalue weighted by Gasteiger charge is -2.12. The summed E-state index contributed by atoms with van der Waals surface area (Å²) in [7, 11) is 0. The third kappa shape index (κ3) is 7.94. The number of urea groups is 1. The first-order chi connectivity index (χ1) is 12.9. The van der Waals surface area contributed by atoms with Crippen molar-refractivity contribution < 1.29 is 23.0 Å². The number of amides is 2. The van der Waals surface area contributed by atoms with E-state index in [0.717, 1.165) is 16.9 Å². The molecule has 2 amide bonds. The van der Waals surface area contributed by atoms with Gasteiger partial charge in [-0.15, -0.1) is 0 Å². The molecule has 0 unspecified atom stereocenters. The lowest BCUT2D eigenvalue weighted by Crippen LogP contribution is -2.34. The minimum atomic E-state index is -2.53. The number of halogens is 2. The van der Waals surface area contributed by atoms with Crippen LogP contribution in [0.4, 0.5) is 13.6 Å². The molecule has 0 atom stereocenters. The number of hydrogen-bond acceptors (Lipinski definition) is 3. The third-order valence-electron chi connectivity index (χ3n) is 3.45. The van der Waals surface area contributed by atoms with E-state index in [1.54, 1.807) is 24.3 Å². The highest BCUT2D eigenvalue weighted by atomic mass is 19.3. The zero-order chi connectivity index (χ0) is 19.6. The molecule has 0 aliphatic carbocycles. The Bertz CT molecular complexity index is 739. The molecule has 0 heterocycles. The Morgan fingerprint density at radius 1 is 0.963 bits per heavy atom. The van der Waals surface area contributed by atoms with Gasteiger partial charge in [0.15, 0.2) is 0 Å². The van der Waals surface area contributed by atoms with Gasteiger partial charge < -0.3 is 20.1 Å². The second kappa shape index (κ2) is 10.4. The van der Waals surface area contributed by atoms with Crippen LogP contribution in [0.5, 0.6) is 11.5 Å². The summed E-state index contributed by atoms with van der Waals surface area (Å²) >= 11 is 0. The Kier molecular flexibility index (Phi) is 7.85. The Balaban J connectivity index is 1.79. The molecule has 146 valence electrons. The Hall–Kier alpha value is -2.83. The zero-order valence-electron chi connectivity index (χ0n) is 15.4. The summed E-state index contributed by atoms with van der Waals surface area (Å²) < 4.78 is 35.0. The van der Waals surface area contributed by atoms with E-state index in [4.69, 9.17) is 9.47 Å². The van der Waals surface area contributed by atoms with Crippen molar-refractivity contribution in [3.8, 4) is 11.5 Å². The molecule has 2 aromatic rings. The van der Waals surface area contributed by atoms with Crippen molar-refractivity contribution in [3.63, 3.8) is 0 Å². The van der Waals surface area contributed by atoms with Crippen LogP contribution >= 0.6 is 0 Å². The maximum absolute atomic E-state index is 12.2. The Labute approximate surface area is 157 Å². The van der Waals surface area contributed by atoms with E-state index in [9.17, 15) is 13.6 Å². The number of carbonyl (C=O) groups excluding carboxylic acids is 1. The molecule has 2 N–H and O–H groups in total. The highest BCUT2D eigenvalue weighted by molar-refractivity contribution is 5.73. The number of ether oxygens (including phenoxy) is 2. The highest BCUT2D eigenvalue weighted by Crippen LogP contribution is 2.15. The van der Waals surface area contributed by atoms with Crippen LogP contribution in [0, 0.1) is 0 Å². The Morgan fingerprint density at radius 2 is 1.52 bits per heavy atom. The van der Waals surface area contributed by atoms with Crippen LogP contribution in [0.3, 0.4) is 0 Å². The van der Waals surface area contributed by atoms with Crippen molar-refractivity contribution in [3.05, 3.63) is 59.7 Å². The highest BCUT2D eigenvalue weighted by Gasteiger charge is 2.06. The molecule has 2 rings (SSSR count). The van der Waals surface area contributed by atoms with Crippen LogP contribution in [0.2, 0.25) is 0 Å². The SMILES string of the molecule is CC(C)Oc1cccc(CNC(=O)NCc2cccc(OCC(F)F)c2)c1. The number of alkyl halides is 2. The molecule has 0 saturated carbocycles. The van der Waals surface area contributed by atoms with E-state index in [1.165, 1.54) is 0 Å². The van der Waals surface area contributed by atoms with Gasteiger partial charge in [-0.05, 0) is 49.2 Å². The summed E-state index contributed by atoms with van der Waals surface area (Å²) in [5, 5.41) is 5.49. The maximum atomic E-state index is 12.2. The molecule has 0 bridgehead atoms. The summed E-state index contributed by atoms with van der Waals surface area (Å²) in [6, 6.07) is 13.9.